The van der Waals surface area contributed by atoms with Crippen molar-refractivity contribution >= 4 is 0 Å². The summed E-state index contributed by atoms with van der Waals surface area (Å²) >= 11 is 0. The second kappa shape index (κ2) is 5.87. The summed E-state index contributed by atoms with van der Waals surface area (Å²) in [6.45, 7) is 11.1. The van der Waals surface area contributed by atoms with E-state index in [9.17, 15) is 0 Å². The maximum atomic E-state index is 4.70. The Labute approximate surface area is 111 Å². The van der Waals surface area contributed by atoms with Crippen molar-refractivity contribution in [3.05, 3.63) is 17.0 Å². The standard InChI is InChI=1S/C15H27N3/c1-5-6-9-18-13(4)15(12(3)17-18)11(2)10-16-14-7-8-14/h11,14,16H,5-10H2,1-4H3. The van der Waals surface area contributed by atoms with Crippen LogP contribution in [0.15, 0.2) is 0 Å². The first-order valence-corrected chi connectivity index (χ1v) is 7.40. The lowest BCUT2D eigenvalue weighted by Crippen LogP contribution is -2.22. The van der Waals surface area contributed by atoms with Crippen molar-refractivity contribution in [3.8, 4) is 0 Å². The first-order valence-electron chi connectivity index (χ1n) is 7.40. The molecule has 0 aromatic carbocycles. The number of nitrogens with zero attached hydrogens (tertiary/aromatic N) is 2. The zero-order chi connectivity index (χ0) is 13.1. The number of nitrogens with one attached hydrogen (secondary N) is 1. The van der Waals surface area contributed by atoms with Crippen LogP contribution in [0.1, 0.15) is 62.4 Å². The fourth-order valence-corrected chi connectivity index (χ4v) is 2.68. The van der Waals surface area contributed by atoms with Gasteiger partial charge < -0.3 is 5.32 Å². The van der Waals surface area contributed by atoms with Crippen molar-refractivity contribution in [2.75, 3.05) is 6.54 Å². The number of aromatic nitrogens is 2. The minimum atomic E-state index is 0.570. The van der Waals surface area contributed by atoms with Crippen LogP contribution in [0, 0.1) is 13.8 Å². The van der Waals surface area contributed by atoms with Crippen LogP contribution >= 0.6 is 0 Å². The molecule has 2 rings (SSSR count). The molecule has 1 aromatic rings. The molecular formula is C15H27N3. The molecule has 0 bridgehead atoms. The summed E-state index contributed by atoms with van der Waals surface area (Å²) in [7, 11) is 0. The van der Waals surface area contributed by atoms with Crippen molar-refractivity contribution in [1.29, 1.82) is 0 Å². The summed E-state index contributed by atoms with van der Waals surface area (Å²) in [6, 6.07) is 0.795. The third-order valence-corrected chi connectivity index (χ3v) is 3.94. The second-order valence-electron chi connectivity index (χ2n) is 5.74. The van der Waals surface area contributed by atoms with E-state index >= 15 is 0 Å². The first-order chi connectivity index (χ1) is 8.63. The summed E-state index contributed by atoms with van der Waals surface area (Å²) in [5.74, 6) is 0.570. The van der Waals surface area contributed by atoms with Gasteiger partial charge in [0.15, 0.2) is 0 Å². The minimum absolute atomic E-state index is 0.570. The highest BCUT2D eigenvalue weighted by Gasteiger charge is 2.23. The van der Waals surface area contributed by atoms with E-state index in [4.69, 9.17) is 5.10 Å². The van der Waals surface area contributed by atoms with Gasteiger partial charge in [0.2, 0.25) is 0 Å². The Morgan fingerprint density at radius 3 is 2.72 bits per heavy atom. The average Bonchev–Trinajstić information content (AvgIpc) is 3.11. The predicted octanol–water partition coefficient (Wildman–Crippen LogP) is 3.16. The van der Waals surface area contributed by atoms with Crippen molar-refractivity contribution in [3.63, 3.8) is 0 Å². The zero-order valence-corrected chi connectivity index (χ0v) is 12.3. The number of unbranched alkanes of at least 4 members (excludes halogenated alkanes) is 1. The van der Waals surface area contributed by atoms with Gasteiger partial charge in [-0.25, -0.2) is 0 Å². The fraction of sp³-hybridized carbons (Fsp3) is 0.800. The molecule has 0 radical (unpaired) electrons. The van der Waals surface area contributed by atoms with Gasteiger partial charge in [0.1, 0.15) is 0 Å². The van der Waals surface area contributed by atoms with E-state index in [1.165, 1.54) is 42.6 Å². The summed E-state index contributed by atoms with van der Waals surface area (Å²) in [5.41, 5.74) is 4.04. The molecule has 1 aliphatic carbocycles. The number of hydrogen-bond acceptors (Lipinski definition) is 2. The van der Waals surface area contributed by atoms with Crippen LogP contribution in [0.25, 0.3) is 0 Å². The molecule has 3 nitrogen and oxygen atoms in total. The maximum absolute atomic E-state index is 4.70. The Kier molecular flexibility index (Phi) is 4.44. The van der Waals surface area contributed by atoms with Crippen molar-refractivity contribution in [2.45, 2.75) is 71.9 Å². The second-order valence-corrected chi connectivity index (χ2v) is 5.74. The van der Waals surface area contributed by atoms with Crippen LogP contribution in [0.2, 0.25) is 0 Å². The summed E-state index contributed by atoms with van der Waals surface area (Å²) in [4.78, 5) is 0. The number of aryl methyl sites for hydroxylation is 2. The summed E-state index contributed by atoms with van der Waals surface area (Å²) in [5, 5.41) is 8.33. The lowest BCUT2D eigenvalue weighted by Gasteiger charge is -2.13. The Bertz CT molecular complexity index is 391. The lowest BCUT2D eigenvalue weighted by molar-refractivity contribution is 0.553. The van der Waals surface area contributed by atoms with Crippen LogP contribution in [0.3, 0.4) is 0 Å². The smallest absolute Gasteiger partial charge is 0.0631 e. The molecule has 1 unspecified atom stereocenters. The largest absolute Gasteiger partial charge is 0.313 e. The molecule has 1 fully saturated rings. The van der Waals surface area contributed by atoms with E-state index in [1.807, 2.05) is 0 Å². The van der Waals surface area contributed by atoms with Gasteiger partial charge in [-0.1, -0.05) is 20.3 Å². The van der Waals surface area contributed by atoms with E-state index in [1.54, 1.807) is 0 Å². The van der Waals surface area contributed by atoms with Crippen LogP contribution in [0.4, 0.5) is 0 Å². The highest BCUT2D eigenvalue weighted by molar-refractivity contribution is 5.28. The fourth-order valence-electron chi connectivity index (χ4n) is 2.68. The molecule has 1 N–H and O–H groups in total. The lowest BCUT2D eigenvalue weighted by atomic mass is 9.99. The van der Waals surface area contributed by atoms with Crippen LogP contribution < -0.4 is 5.32 Å². The Morgan fingerprint density at radius 2 is 2.11 bits per heavy atom. The highest BCUT2D eigenvalue weighted by Crippen LogP contribution is 2.25. The minimum Gasteiger partial charge on any atom is -0.313 e. The zero-order valence-electron chi connectivity index (χ0n) is 12.3. The monoisotopic (exact) mass is 249 g/mol. The van der Waals surface area contributed by atoms with Crippen LogP contribution in [-0.4, -0.2) is 22.4 Å². The van der Waals surface area contributed by atoms with E-state index in [2.05, 4.69) is 37.7 Å². The molecule has 102 valence electrons. The van der Waals surface area contributed by atoms with Gasteiger partial charge in [-0.2, -0.15) is 5.10 Å². The predicted molar refractivity (Wildman–Crippen MR) is 76.0 cm³/mol. The summed E-state index contributed by atoms with van der Waals surface area (Å²) < 4.78 is 2.20. The third-order valence-electron chi connectivity index (χ3n) is 3.94. The first kappa shape index (κ1) is 13.6. The van der Waals surface area contributed by atoms with Gasteiger partial charge in [0.05, 0.1) is 5.69 Å². The van der Waals surface area contributed by atoms with Crippen LogP contribution in [-0.2, 0) is 6.54 Å². The molecule has 1 aliphatic rings. The molecule has 1 saturated carbocycles. The molecular weight excluding hydrogens is 222 g/mol. The number of rotatable bonds is 7. The topological polar surface area (TPSA) is 29.9 Å². The van der Waals surface area contributed by atoms with E-state index < -0.39 is 0 Å². The van der Waals surface area contributed by atoms with Gasteiger partial charge in [0, 0.05) is 24.8 Å². The third kappa shape index (κ3) is 3.14. The molecule has 0 saturated heterocycles. The molecule has 1 heterocycles. The number of hydrogen-bond donors (Lipinski definition) is 1. The summed E-state index contributed by atoms with van der Waals surface area (Å²) in [6.07, 6.45) is 5.17. The quantitative estimate of drug-likeness (QED) is 0.804. The highest BCUT2D eigenvalue weighted by atomic mass is 15.3. The van der Waals surface area contributed by atoms with Crippen molar-refractivity contribution in [1.82, 2.24) is 15.1 Å². The van der Waals surface area contributed by atoms with Gasteiger partial charge in [-0.15, -0.1) is 0 Å². The molecule has 1 atom stereocenters. The van der Waals surface area contributed by atoms with Crippen molar-refractivity contribution in [2.24, 2.45) is 0 Å². The Morgan fingerprint density at radius 1 is 1.39 bits per heavy atom. The SMILES string of the molecule is CCCCn1nc(C)c(C(C)CNC2CC2)c1C. The molecule has 0 aliphatic heterocycles. The average molecular weight is 249 g/mol. The Hall–Kier alpha value is -0.830. The molecule has 1 aromatic heterocycles. The molecule has 0 spiro atoms. The maximum Gasteiger partial charge on any atom is 0.0631 e. The van der Waals surface area contributed by atoms with Crippen LogP contribution in [0.5, 0.6) is 0 Å². The van der Waals surface area contributed by atoms with E-state index in [-0.39, 0.29) is 0 Å². The molecule has 0 amide bonds. The van der Waals surface area contributed by atoms with Gasteiger partial charge in [-0.05, 0) is 44.6 Å². The normalized spacial score (nSPS) is 17.1. The van der Waals surface area contributed by atoms with E-state index in [0.717, 1.165) is 19.1 Å². The van der Waals surface area contributed by atoms with Gasteiger partial charge >= 0.3 is 0 Å². The van der Waals surface area contributed by atoms with E-state index in [0.29, 0.717) is 5.92 Å². The van der Waals surface area contributed by atoms with Crippen molar-refractivity contribution < 1.29 is 0 Å². The molecule has 3 heteroatoms. The van der Waals surface area contributed by atoms with Gasteiger partial charge in [0.25, 0.3) is 0 Å². The molecule has 18 heavy (non-hydrogen) atoms. The Balaban J connectivity index is 2.02. The van der Waals surface area contributed by atoms with Gasteiger partial charge in [-0.3, -0.25) is 4.68 Å².